The Bertz CT molecular complexity index is 933. The van der Waals surface area contributed by atoms with E-state index in [9.17, 15) is 23.2 Å². The maximum Gasteiger partial charge on any atom is 0.329 e. The fraction of sp³-hybridized carbons (Fsp3) is 0.286. The first kappa shape index (κ1) is 22.8. The van der Waals surface area contributed by atoms with Gasteiger partial charge >= 0.3 is 5.97 Å². The number of esters is 1. The van der Waals surface area contributed by atoms with E-state index in [1.54, 1.807) is 32.0 Å². The van der Waals surface area contributed by atoms with Gasteiger partial charge < -0.3 is 20.1 Å². The second-order valence-electron chi connectivity index (χ2n) is 6.68. The van der Waals surface area contributed by atoms with Crippen LogP contribution in [0.25, 0.3) is 0 Å². The highest BCUT2D eigenvalue weighted by Crippen LogP contribution is 2.18. The molecular formula is C21H22F2N2O5. The van der Waals surface area contributed by atoms with Crippen molar-refractivity contribution in [2.75, 3.05) is 19.0 Å². The lowest BCUT2D eigenvalue weighted by Crippen LogP contribution is -2.46. The number of methoxy groups -OCH3 is 1. The average Bonchev–Trinajstić information content (AvgIpc) is 2.72. The van der Waals surface area contributed by atoms with Crippen LogP contribution in [0.2, 0.25) is 0 Å². The summed E-state index contributed by atoms with van der Waals surface area (Å²) in [5, 5.41) is 4.68. The summed E-state index contributed by atoms with van der Waals surface area (Å²) in [7, 11) is 1.42. The largest absolute Gasteiger partial charge is 0.496 e. The van der Waals surface area contributed by atoms with Gasteiger partial charge in [0, 0.05) is 6.07 Å². The van der Waals surface area contributed by atoms with Gasteiger partial charge in [0.1, 0.15) is 23.4 Å². The van der Waals surface area contributed by atoms with E-state index in [-0.39, 0.29) is 17.2 Å². The Morgan fingerprint density at radius 1 is 1.07 bits per heavy atom. The number of carbonyl (C=O) groups excluding carboxylic acids is 3. The van der Waals surface area contributed by atoms with Gasteiger partial charge in [-0.25, -0.2) is 13.6 Å². The van der Waals surface area contributed by atoms with Crippen LogP contribution < -0.4 is 15.4 Å². The summed E-state index contributed by atoms with van der Waals surface area (Å²) in [6.45, 7) is 2.65. The van der Waals surface area contributed by atoms with Crippen LogP contribution in [-0.2, 0) is 14.3 Å². The molecule has 0 radical (unpaired) electrons. The van der Waals surface area contributed by atoms with Crippen LogP contribution in [0.5, 0.6) is 5.75 Å². The number of anilines is 1. The van der Waals surface area contributed by atoms with E-state index >= 15 is 0 Å². The van der Waals surface area contributed by atoms with Crippen LogP contribution in [0.15, 0.2) is 42.5 Å². The molecule has 0 spiro atoms. The molecule has 30 heavy (non-hydrogen) atoms. The van der Waals surface area contributed by atoms with Gasteiger partial charge in [0.05, 0.1) is 18.4 Å². The molecule has 1 atom stereocenters. The van der Waals surface area contributed by atoms with Gasteiger partial charge in [-0.2, -0.15) is 0 Å². The van der Waals surface area contributed by atoms with Crippen molar-refractivity contribution in [3.63, 3.8) is 0 Å². The molecule has 0 heterocycles. The topological polar surface area (TPSA) is 93.7 Å². The lowest BCUT2D eigenvalue weighted by atomic mass is 10.0. The zero-order chi connectivity index (χ0) is 22.3. The third kappa shape index (κ3) is 6.00. The molecule has 2 amide bonds. The van der Waals surface area contributed by atoms with Crippen LogP contribution in [0, 0.1) is 17.6 Å². The number of hydrogen-bond donors (Lipinski definition) is 2. The van der Waals surface area contributed by atoms with Gasteiger partial charge in [0.2, 0.25) is 0 Å². The van der Waals surface area contributed by atoms with E-state index in [1.807, 2.05) is 0 Å². The Balaban J connectivity index is 1.99. The van der Waals surface area contributed by atoms with Gasteiger partial charge in [-0.15, -0.1) is 0 Å². The molecule has 2 rings (SSSR count). The number of ether oxygens (including phenoxy) is 2. The Hall–Kier alpha value is -3.49. The predicted molar refractivity (Wildman–Crippen MR) is 105 cm³/mol. The van der Waals surface area contributed by atoms with Crippen LogP contribution >= 0.6 is 0 Å². The molecule has 9 heteroatoms. The maximum atomic E-state index is 13.6. The zero-order valence-electron chi connectivity index (χ0n) is 16.7. The number of hydrogen-bond acceptors (Lipinski definition) is 5. The van der Waals surface area contributed by atoms with Gasteiger partial charge in [0.25, 0.3) is 11.8 Å². The number of nitrogens with one attached hydrogen (secondary N) is 2. The summed E-state index contributed by atoms with van der Waals surface area (Å²) in [4.78, 5) is 36.9. The summed E-state index contributed by atoms with van der Waals surface area (Å²) in [5.41, 5.74) is -0.140. The minimum absolute atomic E-state index is 0.234. The molecule has 0 saturated heterocycles. The highest BCUT2D eigenvalue weighted by molar-refractivity contribution is 5.99. The van der Waals surface area contributed by atoms with Crippen LogP contribution in [0.4, 0.5) is 14.5 Å². The molecule has 0 unspecified atom stereocenters. The van der Waals surface area contributed by atoms with E-state index in [4.69, 9.17) is 9.47 Å². The lowest BCUT2D eigenvalue weighted by molar-refractivity contribution is -0.150. The monoisotopic (exact) mass is 420 g/mol. The summed E-state index contributed by atoms with van der Waals surface area (Å²) in [5.74, 6) is -3.83. The van der Waals surface area contributed by atoms with Crippen LogP contribution in [0.1, 0.15) is 24.2 Å². The normalized spacial score (nSPS) is 11.5. The number of benzene rings is 2. The van der Waals surface area contributed by atoms with Crippen LogP contribution in [-0.4, -0.2) is 37.5 Å². The van der Waals surface area contributed by atoms with E-state index in [0.29, 0.717) is 5.75 Å². The average molecular weight is 420 g/mol. The minimum atomic E-state index is -1.04. The highest BCUT2D eigenvalue weighted by Gasteiger charge is 2.27. The molecule has 0 fully saturated rings. The Kier molecular flexibility index (Phi) is 7.85. The molecule has 160 valence electrons. The number of halogens is 2. The zero-order valence-corrected chi connectivity index (χ0v) is 16.7. The molecule has 0 bridgehead atoms. The molecular weight excluding hydrogens is 398 g/mol. The van der Waals surface area contributed by atoms with E-state index < -0.39 is 42.1 Å². The molecule has 2 aromatic rings. The van der Waals surface area contributed by atoms with Crippen molar-refractivity contribution < 1.29 is 32.6 Å². The highest BCUT2D eigenvalue weighted by atomic mass is 19.1. The summed E-state index contributed by atoms with van der Waals surface area (Å²) in [6, 6.07) is 8.02. The van der Waals surface area contributed by atoms with Crippen molar-refractivity contribution >= 4 is 23.5 Å². The summed E-state index contributed by atoms with van der Waals surface area (Å²) < 4.78 is 36.8. The Morgan fingerprint density at radius 2 is 1.77 bits per heavy atom. The third-order valence-electron chi connectivity index (χ3n) is 4.11. The van der Waals surface area contributed by atoms with Crippen molar-refractivity contribution in [3.05, 3.63) is 59.7 Å². The molecule has 2 aromatic carbocycles. The molecule has 0 saturated carbocycles. The number of carbonyl (C=O) groups is 3. The molecule has 0 aliphatic rings. The van der Waals surface area contributed by atoms with Gasteiger partial charge in [-0.3, -0.25) is 9.59 Å². The smallest absolute Gasteiger partial charge is 0.329 e. The molecule has 7 nitrogen and oxygen atoms in total. The number of rotatable bonds is 8. The van der Waals surface area contributed by atoms with Gasteiger partial charge in [-0.05, 0) is 30.2 Å². The fourth-order valence-electron chi connectivity index (χ4n) is 2.56. The molecule has 2 N–H and O–H groups in total. The van der Waals surface area contributed by atoms with Gasteiger partial charge in [0.15, 0.2) is 6.61 Å². The predicted octanol–water partition coefficient (Wildman–Crippen LogP) is 2.91. The van der Waals surface area contributed by atoms with Crippen molar-refractivity contribution in [2.24, 2.45) is 5.92 Å². The quantitative estimate of drug-likeness (QED) is 0.641. The number of amides is 2. The van der Waals surface area contributed by atoms with E-state index in [1.165, 1.54) is 13.2 Å². The molecule has 0 aliphatic heterocycles. The molecule has 0 aliphatic carbocycles. The fourth-order valence-corrected chi connectivity index (χ4v) is 2.56. The SMILES string of the molecule is COc1ccccc1C(=O)N[C@H](C(=O)OCC(=O)Nc1cc(F)ccc1F)C(C)C. The van der Waals surface area contributed by atoms with Crippen molar-refractivity contribution in [1.29, 1.82) is 0 Å². The lowest BCUT2D eigenvalue weighted by Gasteiger charge is -2.21. The van der Waals surface area contributed by atoms with Crippen molar-refractivity contribution in [3.8, 4) is 5.75 Å². The first-order valence-corrected chi connectivity index (χ1v) is 9.08. The third-order valence-corrected chi connectivity index (χ3v) is 4.11. The first-order chi connectivity index (χ1) is 14.2. The van der Waals surface area contributed by atoms with Crippen LogP contribution in [0.3, 0.4) is 0 Å². The van der Waals surface area contributed by atoms with E-state index in [2.05, 4.69) is 10.6 Å². The standard InChI is InChI=1S/C21H22F2N2O5/c1-12(2)19(25-20(27)14-6-4-5-7-17(14)29-3)21(28)30-11-18(26)24-16-10-13(22)8-9-15(16)23/h4-10,12,19H,11H2,1-3H3,(H,24,26)(H,25,27)/t19-/m0/s1. The summed E-state index contributed by atoms with van der Waals surface area (Å²) >= 11 is 0. The van der Waals surface area contributed by atoms with Gasteiger partial charge in [-0.1, -0.05) is 26.0 Å². The van der Waals surface area contributed by atoms with Crippen molar-refractivity contribution in [1.82, 2.24) is 5.32 Å². The minimum Gasteiger partial charge on any atom is -0.496 e. The Morgan fingerprint density at radius 3 is 2.43 bits per heavy atom. The Labute approximate surface area is 172 Å². The van der Waals surface area contributed by atoms with E-state index in [0.717, 1.165) is 18.2 Å². The second kappa shape index (κ2) is 10.3. The first-order valence-electron chi connectivity index (χ1n) is 9.08. The van der Waals surface area contributed by atoms with Crippen molar-refractivity contribution in [2.45, 2.75) is 19.9 Å². The second-order valence-corrected chi connectivity index (χ2v) is 6.68. The number of para-hydroxylation sites is 1. The maximum absolute atomic E-state index is 13.6. The molecule has 0 aromatic heterocycles. The summed E-state index contributed by atoms with van der Waals surface area (Å²) in [6.07, 6.45) is 0.